The summed E-state index contributed by atoms with van der Waals surface area (Å²) in [5, 5.41) is 3.32. The van der Waals surface area contributed by atoms with Crippen molar-refractivity contribution in [2.45, 2.75) is 22.3 Å². The van der Waals surface area contributed by atoms with Crippen molar-refractivity contribution < 1.29 is 16.8 Å². The van der Waals surface area contributed by atoms with Gasteiger partial charge in [0.25, 0.3) is 20.0 Å². The third-order valence-corrected chi connectivity index (χ3v) is 9.17. The zero-order valence-electron chi connectivity index (χ0n) is 13.9. The molecule has 6 nitrogen and oxygen atoms in total. The van der Waals surface area contributed by atoms with Gasteiger partial charge < -0.3 is 0 Å². The molecule has 3 aromatic rings. The second-order valence-corrected chi connectivity index (χ2v) is 11.3. The molecule has 10 heteroatoms. The standard InChI is InChI=1S/C16H16N2O4S4/c1-11-9-13(17-25(19,20)15-5-3-7-23-15)14(10-12(11)2)18-26(21,22)16-6-4-8-24-16/h3-10,17-18H,1-2H3. The van der Waals surface area contributed by atoms with Gasteiger partial charge in [0.2, 0.25) is 0 Å². The van der Waals surface area contributed by atoms with Gasteiger partial charge in [-0.3, -0.25) is 9.44 Å². The maximum Gasteiger partial charge on any atom is 0.271 e. The molecule has 0 saturated heterocycles. The summed E-state index contributed by atoms with van der Waals surface area (Å²) in [4.78, 5) is 0. The van der Waals surface area contributed by atoms with Crippen LogP contribution in [0, 0.1) is 13.8 Å². The molecule has 2 heterocycles. The van der Waals surface area contributed by atoms with Crippen molar-refractivity contribution in [3.05, 3.63) is 58.3 Å². The highest BCUT2D eigenvalue weighted by molar-refractivity contribution is 7.95. The maximum absolute atomic E-state index is 12.5. The average molecular weight is 429 g/mol. The molecule has 0 bridgehead atoms. The highest BCUT2D eigenvalue weighted by atomic mass is 32.3. The van der Waals surface area contributed by atoms with Crippen LogP contribution in [0.2, 0.25) is 0 Å². The minimum absolute atomic E-state index is 0.155. The summed E-state index contributed by atoms with van der Waals surface area (Å²) >= 11 is 2.17. The van der Waals surface area contributed by atoms with Crippen molar-refractivity contribution in [2.75, 3.05) is 9.44 Å². The van der Waals surface area contributed by atoms with Gasteiger partial charge in [-0.05, 0) is 60.0 Å². The van der Waals surface area contributed by atoms with E-state index in [0.29, 0.717) is 0 Å². The van der Waals surface area contributed by atoms with Gasteiger partial charge in [0, 0.05) is 0 Å². The maximum atomic E-state index is 12.5. The number of anilines is 2. The van der Waals surface area contributed by atoms with Crippen LogP contribution < -0.4 is 9.44 Å². The lowest BCUT2D eigenvalue weighted by Crippen LogP contribution is -2.17. The third kappa shape index (κ3) is 3.93. The van der Waals surface area contributed by atoms with Gasteiger partial charge in [-0.25, -0.2) is 16.8 Å². The van der Waals surface area contributed by atoms with Crippen LogP contribution in [0.25, 0.3) is 0 Å². The minimum Gasteiger partial charge on any atom is -0.277 e. The zero-order valence-corrected chi connectivity index (χ0v) is 17.2. The number of thiophene rings is 2. The van der Waals surface area contributed by atoms with E-state index >= 15 is 0 Å². The Hall–Kier alpha value is -1.88. The van der Waals surface area contributed by atoms with Crippen LogP contribution in [-0.2, 0) is 20.0 Å². The smallest absolute Gasteiger partial charge is 0.271 e. The summed E-state index contributed by atoms with van der Waals surface area (Å²) in [5.41, 5.74) is 2.05. The van der Waals surface area contributed by atoms with Crippen molar-refractivity contribution in [1.29, 1.82) is 0 Å². The Labute approximate surface area is 160 Å². The van der Waals surface area contributed by atoms with E-state index < -0.39 is 20.0 Å². The fraction of sp³-hybridized carbons (Fsp3) is 0.125. The Balaban J connectivity index is 2.02. The first-order chi connectivity index (χ1) is 12.2. The second kappa shape index (κ2) is 7.03. The first kappa shape index (κ1) is 18.9. The quantitative estimate of drug-likeness (QED) is 0.620. The van der Waals surface area contributed by atoms with E-state index in [0.717, 1.165) is 33.8 Å². The Morgan fingerprint density at radius 3 is 1.42 bits per heavy atom. The van der Waals surface area contributed by atoms with Crippen LogP contribution in [0.3, 0.4) is 0 Å². The van der Waals surface area contributed by atoms with E-state index in [9.17, 15) is 16.8 Å². The molecular weight excluding hydrogens is 412 g/mol. The van der Waals surface area contributed by atoms with Gasteiger partial charge in [-0.15, -0.1) is 22.7 Å². The zero-order chi connectivity index (χ0) is 18.9. The van der Waals surface area contributed by atoms with E-state index in [-0.39, 0.29) is 19.8 Å². The SMILES string of the molecule is Cc1cc(NS(=O)(=O)c2cccs2)c(NS(=O)(=O)c2cccs2)cc1C. The van der Waals surface area contributed by atoms with Gasteiger partial charge in [-0.2, -0.15) is 0 Å². The number of hydrogen-bond donors (Lipinski definition) is 2. The predicted molar refractivity (Wildman–Crippen MR) is 106 cm³/mol. The van der Waals surface area contributed by atoms with E-state index in [1.165, 1.54) is 12.1 Å². The van der Waals surface area contributed by atoms with E-state index in [2.05, 4.69) is 9.44 Å². The van der Waals surface area contributed by atoms with E-state index in [4.69, 9.17) is 0 Å². The largest absolute Gasteiger partial charge is 0.277 e. The Bertz CT molecular complexity index is 1030. The molecule has 0 spiro atoms. The summed E-state index contributed by atoms with van der Waals surface area (Å²) in [6.07, 6.45) is 0. The van der Waals surface area contributed by atoms with Crippen LogP contribution >= 0.6 is 22.7 Å². The molecule has 1 aromatic carbocycles. The van der Waals surface area contributed by atoms with Crippen molar-refractivity contribution in [1.82, 2.24) is 0 Å². The lowest BCUT2D eigenvalue weighted by atomic mass is 10.1. The van der Waals surface area contributed by atoms with Gasteiger partial charge in [0.05, 0.1) is 11.4 Å². The molecule has 0 aliphatic heterocycles. The van der Waals surface area contributed by atoms with Crippen LogP contribution in [0.4, 0.5) is 11.4 Å². The number of benzene rings is 1. The Morgan fingerprint density at radius 1 is 0.731 bits per heavy atom. The van der Waals surface area contributed by atoms with Gasteiger partial charge >= 0.3 is 0 Å². The van der Waals surface area contributed by atoms with Crippen LogP contribution in [-0.4, -0.2) is 16.8 Å². The number of rotatable bonds is 6. The molecule has 0 unspecified atom stereocenters. The molecule has 0 fully saturated rings. The molecule has 3 rings (SSSR count). The molecule has 0 aliphatic carbocycles. The van der Waals surface area contributed by atoms with Gasteiger partial charge in [0.15, 0.2) is 0 Å². The minimum atomic E-state index is -3.80. The summed E-state index contributed by atoms with van der Waals surface area (Å²) in [6, 6.07) is 9.49. The number of hydrogen-bond acceptors (Lipinski definition) is 6. The number of nitrogens with one attached hydrogen (secondary N) is 2. The summed E-state index contributed by atoms with van der Waals surface area (Å²) in [7, 11) is -7.59. The van der Waals surface area contributed by atoms with E-state index in [1.54, 1.807) is 35.0 Å². The fourth-order valence-electron chi connectivity index (χ4n) is 2.21. The molecule has 0 amide bonds. The molecule has 0 radical (unpaired) electrons. The monoisotopic (exact) mass is 428 g/mol. The highest BCUT2D eigenvalue weighted by Crippen LogP contribution is 2.31. The first-order valence-corrected chi connectivity index (χ1v) is 12.2. The van der Waals surface area contributed by atoms with Gasteiger partial charge in [-0.1, -0.05) is 12.1 Å². The Morgan fingerprint density at radius 2 is 1.12 bits per heavy atom. The summed E-state index contributed by atoms with van der Waals surface area (Å²) in [6.45, 7) is 3.66. The molecule has 2 aromatic heterocycles. The normalized spacial score (nSPS) is 12.1. The second-order valence-electron chi connectivity index (χ2n) is 5.56. The van der Waals surface area contributed by atoms with Crippen LogP contribution in [0.15, 0.2) is 55.6 Å². The average Bonchev–Trinajstić information content (AvgIpc) is 3.24. The van der Waals surface area contributed by atoms with Crippen molar-refractivity contribution in [3.8, 4) is 0 Å². The summed E-state index contributed by atoms with van der Waals surface area (Å²) in [5.74, 6) is 0. The van der Waals surface area contributed by atoms with Crippen LogP contribution in [0.1, 0.15) is 11.1 Å². The molecule has 138 valence electrons. The van der Waals surface area contributed by atoms with Crippen molar-refractivity contribution >= 4 is 54.1 Å². The van der Waals surface area contributed by atoms with Gasteiger partial charge in [0.1, 0.15) is 8.42 Å². The van der Waals surface area contributed by atoms with Crippen LogP contribution in [0.5, 0.6) is 0 Å². The predicted octanol–water partition coefficient (Wildman–Crippen LogP) is 4.03. The lowest BCUT2D eigenvalue weighted by molar-refractivity contribution is 0.601. The topological polar surface area (TPSA) is 92.3 Å². The van der Waals surface area contributed by atoms with Crippen molar-refractivity contribution in [2.24, 2.45) is 0 Å². The molecule has 0 saturated carbocycles. The number of aryl methyl sites for hydroxylation is 2. The molecule has 2 N–H and O–H groups in total. The third-order valence-electron chi connectivity index (χ3n) is 3.64. The molecular formula is C16H16N2O4S4. The Kier molecular flexibility index (Phi) is 5.11. The van der Waals surface area contributed by atoms with Crippen molar-refractivity contribution in [3.63, 3.8) is 0 Å². The highest BCUT2D eigenvalue weighted by Gasteiger charge is 2.21. The number of sulfonamides is 2. The lowest BCUT2D eigenvalue weighted by Gasteiger charge is -2.16. The first-order valence-electron chi connectivity index (χ1n) is 7.43. The fourth-order valence-corrected chi connectivity index (χ4v) is 6.33. The molecule has 0 atom stereocenters. The van der Waals surface area contributed by atoms with E-state index in [1.807, 2.05) is 13.8 Å². The molecule has 0 aliphatic rings. The summed E-state index contributed by atoms with van der Waals surface area (Å²) < 4.78 is 55.4. The molecule has 26 heavy (non-hydrogen) atoms.